The van der Waals surface area contributed by atoms with Gasteiger partial charge in [0, 0.05) is 0 Å². The molecule has 4 rings (SSSR count). The number of hydrogen-bond acceptors (Lipinski definition) is 5. The molecule has 0 unspecified atom stereocenters. The lowest BCUT2D eigenvalue weighted by Gasteiger charge is -2.19. The fourth-order valence-corrected chi connectivity index (χ4v) is 4.58. The van der Waals surface area contributed by atoms with Crippen molar-refractivity contribution in [2.75, 3.05) is 7.11 Å². The van der Waals surface area contributed by atoms with E-state index in [4.69, 9.17) is 14.2 Å². The Morgan fingerprint density at radius 1 is 0.838 bits per heavy atom. The van der Waals surface area contributed by atoms with Crippen LogP contribution in [0.25, 0.3) is 0 Å². The van der Waals surface area contributed by atoms with E-state index in [-0.39, 0.29) is 0 Å². The highest BCUT2D eigenvalue weighted by atomic mass is 32.2. The van der Waals surface area contributed by atoms with Gasteiger partial charge in [-0.2, -0.15) is 5.26 Å². The van der Waals surface area contributed by atoms with Crippen molar-refractivity contribution in [3.05, 3.63) is 119 Å². The maximum Gasteiger partial charge on any atom is 0.203 e. The first-order chi connectivity index (χ1) is 18.1. The summed E-state index contributed by atoms with van der Waals surface area (Å²) in [5.74, 6) is 1.28. The molecule has 0 spiro atoms. The quantitative estimate of drug-likeness (QED) is 0.265. The largest absolute Gasteiger partial charge is 0.490 e. The van der Waals surface area contributed by atoms with Crippen LogP contribution in [0.5, 0.6) is 17.2 Å². The molecule has 4 aromatic carbocycles. The van der Waals surface area contributed by atoms with Crippen LogP contribution in [0.15, 0.2) is 102 Å². The van der Waals surface area contributed by atoms with Crippen molar-refractivity contribution in [1.82, 2.24) is 4.72 Å². The van der Waals surface area contributed by atoms with Crippen LogP contribution in [0.4, 0.5) is 0 Å². The number of hydrogen-bond donors (Lipinski definition) is 1. The van der Waals surface area contributed by atoms with Gasteiger partial charge >= 0.3 is 0 Å². The maximum absolute atomic E-state index is 13.0. The summed E-state index contributed by atoms with van der Waals surface area (Å²) >= 11 is 0. The highest BCUT2D eigenvalue weighted by molar-refractivity contribution is 7.83. The molecular weight excluding hydrogens is 484 g/mol. The third kappa shape index (κ3) is 6.98. The van der Waals surface area contributed by atoms with E-state index in [1.165, 1.54) is 0 Å². The molecule has 0 aliphatic rings. The molecule has 6 nitrogen and oxygen atoms in total. The molecule has 0 saturated heterocycles. The topological polar surface area (TPSA) is 80.6 Å². The van der Waals surface area contributed by atoms with Crippen molar-refractivity contribution in [3.8, 4) is 23.3 Å². The zero-order valence-electron chi connectivity index (χ0n) is 20.7. The van der Waals surface area contributed by atoms with Crippen LogP contribution >= 0.6 is 0 Å². The van der Waals surface area contributed by atoms with Crippen LogP contribution in [0.2, 0.25) is 0 Å². The normalized spacial score (nSPS) is 12.2. The minimum Gasteiger partial charge on any atom is -0.490 e. The van der Waals surface area contributed by atoms with E-state index in [1.54, 1.807) is 31.4 Å². The van der Waals surface area contributed by atoms with E-state index in [9.17, 15) is 9.47 Å². The van der Waals surface area contributed by atoms with E-state index in [0.29, 0.717) is 40.9 Å². The number of nitrogens with one attached hydrogen (secondary N) is 1. The molecule has 0 fully saturated rings. The molecule has 188 valence electrons. The minimum atomic E-state index is -1.59. The Morgan fingerprint density at radius 2 is 1.35 bits per heavy atom. The van der Waals surface area contributed by atoms with Crippen molar-refractivity contribution < 1.29 is 18.4 Å². The highest BCUT2D eigenvalue weighted by Crippen LogP contribution is 2.41. The smallest absolute Gasteiger partial charge is 0.203 e. The van der Waals surface area contributed by atoms with E-state index >= 15 is 0 Å². The first kappa shape index (κ1) is 26.0. The Labute approximate surface area is 220 Å². The lowest BCUT2D eigenvalue weighted by molar-refractivity contribution is 0.257. The molecule has 0 radical (unpaired) electrons. The van der Waals surface area contributed by atoms with E-state index < -0.39 is 17.0 Å². The minimum absolute atomic E-state index is 0.304. The summed E-state index contributed by atoms with van der Waals surface area (Å²) in [6.45, 7) is 2.57. The summed E-state index contributed by atoms with van der Waals surface area (Å²) in [6, 6.07) is 31.6. The summed E-state index contributed by atoms with van der Waals surface area (Å²) in [5.41, 5.74) is 3.58. The lowest BCUT2D eigenvalue weighted by Crippen LogP contribution is -2.23. The van der Waals surface area contributed by atoms with Gasteiger partial charge in [0.1, 0.15) is 30.2 Å². The molecule has 2 atom stereocenters. The maximum atomic E-state index is 13.0. The third-order valence-electron chi connectivity index (χ3n) is 5.64. The van der Waals surface area contributed by atoms with Gasteiger partial charge in [0.2, 0.25) is 5.75 Å². The first-order valence-electron chi connectivity index (χ1n) is 11.8. The molecule has 1 N–H and O–H groups in total. The standard InChI is InChI=1S/C30H28N2O4S/c1-22-13-15-26(16-14-22)37(33)32-27(19-31)25-17-28(35-20-23-9-5-3-6-10-23)30(34-2)29(18-25)36-21-24-11-7-4-8-12-24/h3-18,27,32H,20-21H2,1-2H3/t27-,37-/m1/s1. The number of nitrogens with zero attached hydrogens (tertiary/aromatic N) is 1. The zero-order valence-corrected chi connectivity index (χ0v) is 21.5. The highest BCUT2D eigenvalue weighted by Gasteiger charge is 2.22. The molecular formula is C30H28N2O4S. The molecule has 0 aliphatic carbocycles. The van der Waals surface area contributed by atoms with Crippen LogP contribution in [0.3, 0.4) is 0 Å². The van der Waals surface area contributed by atoms with Crippen molar-refractivity contribution in [2.45, 2.75) is 31.1 Å². The second-order valence-electron chi connectivity index (χ2n) is 8.36. The van der Waals surface area contributed by atoms with Gasteiger partial charge in [-0.05, 0) is 47.9 Å². The number of nitriles is 1. The average Bonchev–Trinajstić information content (AvgIpc) is 2.94. The molecule has 7 heteroatoms. The Kier molecular flexibility index (Phi) is 8.93. The van der Waals surface area contributed by atoms with Crippen LogP contribution < -0.4 is 18.9 Å². The van der Waals surface area contributed by atoms with Crippen molar-refractivity contribution in [3.63, 3.8) is 0 Å². The summed E-state index contributed by atoms with van der Waals surface area (Å²) in [5, 5.41) is 9.98. The Balaban J connectivity index is 1.65. The second kappa shape index (κ2) is 12.7. The molecule has 0 saturated carbocycles. The molecule has 37 heavy (non-hydrogen) atoms. The van der Waals surface area contributed by atoms with E-state index in [2.05, 4.69) is 10.8 Å². The second-order valence-corrected chi connectivity index (χ2v) is 9.61. The van der Waals surface area contributed by atoms with E-state index in [1.807, 2.05) is 79.7 Å². The number of ether oxygens (including phenoxy) is 3. The molecule has 4 aromatic rings. The predicted molar refractivity (Wildman–Crippen MR) is 144 cm³/mol. The third-order valence-corrected chi connectivity index (χ3v) is 6.79. The van der Waals surface area contributed by atoms with Crippen LogP contribution in [-0.2, 0) is 24.2 Å². The monoisotopic (exact) mass is 512 g/mol. The number of benzene rings is 4. The SMILES string of the molecule is COc1c(OCc2ccccc2)cc([C@@H](C#N)N[S@](=O)c2ccc(C)cc2)cc1OCc1ccccc1. The Morgan fingerprint density at radius 3 is 1.81 bits per heavy atom. The number of aryl methyl sites for hydroxylation is 1. The van der Waals surface area contributed by atoms with Gasteiger partial charge in [-0.15, -0.1) is 0 Å². The van der Waals surface area contributed by atoms with Gasteiger partial charge in [-0.1, -0.05) is 78.4 Å². The summed E-state index contributed by atoms with van der Waals surface area (Å²) in [7, 11) is -0.0469. The molecule has 0 aromatic heterocycles. The van der Waals surface area contributed by atoms with Gasteiger partial charge in [-0.3, -0.25) is 0 Å². The summed E-state index contributed by atoms with van der Waals surface area (Å²) < 4.78 is 33.8. The average molecular weight is 513 g/mol. The van der Waals surface area contributed by atoms with Gasteiger partial charge in [0.25, 0.3) is 0 Å². The first-order valence-corrected chi connectivity index (χ1v) is 12.9. The van der Waals surface area contributed by atoms with Gasteiger partial charge in [0.15, 0.2) is 11.5 Å². The van der Waals surface area contributed by atoms with Crippen molar-refractivity contribution in [2.24, 2.45) is 0 Å². The number of rotatable bonds is 11. The Hall–Kier alpha value is -4.12. The van der Waals surface area contributed by atoms with Gasteiger partial charge in [-0.25, -0.2) is 8.93 Å². The predicted octanol–water partition coefficient (Wildman–Crippen LogP) is 6.04. The molecule has 0 bridgehead atoms. The molecule has 0 amide bonds. The van der Waals surface area contributed by atoms with Crippen molar-refractivity contribution in [1.29, 1.82) is 5.26 Å². The summed E-state index contributed by atoms with van der Waals surface area (Å²) in [6.07, 6.45) is 0. The fraction of sp³-hybridized carbons (Fsp3) is 0.167. The van der Waals surface area contributed by atoms with Gasteiger partial charge in [0.05, 0.1) is 18.1 Å². The number of methoxy groups -OCH3 is 1. The fourth-order valence-electron chi connectivity index (χ4n) is 3.66. The Bertz CT molecular complexity index is 1310. The zero-order chi connectivity index (χ0) is 26.0. The summed E-state index contributed by atoms with van der Waals surface area (Å²) in [4.78, 5) is 0.584. The van der Waals surface area contributed by atoms with Crippen LogP contribution in [0, 0.1) is 18.3 Å². The lowest BCUT2D eigenvalue weighted by atomic mass is 10.1. The van der Waals surface area contributed by atoms with E-state index in [0.717, 1.165) is 16.7 Å². The van der Waals surface area contributed by atoms with Crippen molar-refractivity contribution >= 4 is 11.0 Å². The molecule has 0 aliphatic heterocycles. The van der Waals surface area contributed by atoms with Crippen LogP contribution in [0.1, 0.15) is 28.3 Å². The van der Waals surface area contributed by atoms with Gasteiger partial charge < -0.3 is 14.2 Å². The molecule has 0 heterocycles. The van der Waals surface area contributed by atoms with Crippen LogP contribution in [-0.4, -0.2) is 11.3 Å².